The highest BCUT2D eigenvalue weighted by Crippen LogP contribution is 2.35. The Bertz CT molecular complexity index is 1050. The van der Waals surface area contributed by atoms with E-state index in [9.17, 15) is 9.18 Å². The third kappa shape index (κ3) is 3.84. The molecule has 4 rings (SSSR count). The van der Waals surface area contributed by atoms with Crippen molar-refractivity contribution in [3.63, 3.8) is 0 Å². The molecule has 1 aromatic carbocycles. The fourth-order valence-electron chi connectivity index (χ4n) is 4.27. The first kappa shape index (κ1) is 20.5. The van der Waals surface area contributed by atoms with Gasteiger partial charge in [-0.3, -0.25) is 9.78 Å². The lowest BCUT2D eigenvalue weighted by Crippen LogP contribution is -2.33. The van der Waals surface area contributed by atoms with Crippen LogP contribution >= 0.6 is 0 Å². The van der Waals surface area contributed by atoms with Crippen molar-refractivity contribution >= 4 is 16.8 Å². The Kier molecular flexibility index (Phi) is 5.86. The molecule has 1 aliphatic rings. The van der Waals surface area contributed by atoms with Crippen LogP contribution in [0.15, 0.2) is 42.9 Å². The topological polar surface area (TPSA) is 50.2 Å². The molecule has 5 nitrogen and oxygen atoms in total. The minimum absolute atomic E-state index is 0.0192. The van der Waals surface area contributed by atoms with Gasteiger partial charge in [0, 0.05) is 30.9 Å². The van der Waals surface area contributed by atoms with Gasteiger partial charge in [-0.2, -0.15) is 0 Å². The lowest BCUT2D eigenvalue weighted by molar-refractivity contribution is 0.0754. The molecule has 1 atom stereocenters. The molecule has 30 heavy (non-hydrogen) atoms. The van der Waals surface area contributed by atoms with Crippen molar-refractivity contribution in [2.45, 2.75) is 45.1 Å². The van der Waals surface area contributed by atoms with E-state index >= 15 is 0 Å². The van der Waals surface area contributed by atoms with E-state index in [-0.39, 0.29) is 11.9 Å². The number of hydrogen-bond acceptors (Lipinski definition) is 3. The fraction of sp³-hybridized carbons (Fsp3) is 0.417. The maximum Gasteiger partial charge on any atom is 0.256 e. The molecule has 0 bridgehead atoms. The first-order valence-corrected chi connectivity index (χ1v) is 10.7. The lowest BCUT2D eigenvalue weighted by atomic mass is 9.92. The summed E-state index contributed by atoms with van der Waals surface area (Å²) in [6, 6.07) is 6.52. The smallest absolute Gasteiger partial charge is 0.256 e. The Morgan fingerprint density at radius 3 is 2.90 bits per heavy atom. The predicted octanol–water partition coefficient (Wildman–Crippen LogP) is 4.50. The first-order valence-electron chi connectivity index (χ1n) is 10.7. The molecule has 3 heterocycles. The van der Waals surface area contributed by atoms with Gasteiger partial charge in [-0.05, 0) is 81.9 Å². The number of carbonyl (C=O) groups is 1. The van der Waals surface area contributed by atoms with Crippen LogP contribution in [0, 0.1) is 5.82 Å². The number of nitrogens with one attached hydrogen (secondary N) is 1. The molecular formula is C24H29FN4O. The van der Waals surface area contributed by atoms with Crippen LogP contribution < -0.4 is 5.32 Å². The predicted molar refractivity (Wildman–Crippen MR) is 118 cm³/mol. The van der Waals surface area contributed by atoms with Crippen LogP contribution in [-0.2, 0) is 0 Å². The molecule has 158 valence electrons. The Morgan fingerprint density at radius 1 is 1.27 bits per heavy atom. The standard InChI is InChI=1S/C24H29FN4O/c1-16(2)28(3)24(30)20-13-18(25)6-7-22(20)29-15-21(17-5-4-10-26-11-8-17)19-9-12-27-14-23(19)29/h6-7,9,12-17,26H,4-5,8,10-11H2,1-3H3/t17-/m0/s1. The summed E-state index contributed by atoms with van der Waals surface area (Å²) >= 11 is 0. The monoisotopic (exact) mass is 408 g/mol. The molecule has 2 aromatic heterocycles. The van der Waals surface area contributed by atoms with Crippen LogP contribution in [0.3, 0.4) is 0 Å². The normalized spacial score (nSPS) is 17.3. The van der Waals surface area contributed by atoms with Gasteiger partial charge in [0.1, 0.15) is 5.82 Å². The summed E-state index contributed by atoms with van der Waals surface area (Å²) in [5.74, 6) is -0.154. The zero-order valence-electron chi connectivity index (χ0n) is 17.9. The molecule has 1 fully saturated rings. The summed E-state index contributed by atoms with van der Waals surface area (Å²) in [5.41, 5.74) is 3.26. The highest BCUT2D eigenvalue weighted by atomic mass is 19.1. The lowest BCUT2D eigenvalue weighted by Gasteiger charge is -2.23. The van der Waals surface area contributed by atoms with Gasteiger partial charge in [0.15, 0.2) is 0 Å². The van der Waals surface area contributed by atoms with E-state index in [1.807, 2.05) is 36.9 Å². The van der Waals surface area contributed by atoms with E-state index in [1.54, 1.807) is 18.0 Å². The van der Waals surface area contributed by atoms with Gasteiger partial charge in [-0.15, -0.1) is 0 Å². The highest BCUT2D eigenvalue weighted by molar-refractivity contribution is 5.99. The van der Waals surface area contributed by atoms with E-state index in [0.29, 0.717) is 17.2 Å². The van der Waals surface area contributed by atoms with Gasteiger partial charge < -0.3 is 14.8 Å². The molecule has 1 N–H and O–H groups in total. The highest BCUT2D eigenvalue weighted by Gasteiger charge is 2.24. The van der Waals surface area contributed by atoms with Crippen molar-refractivity contribution in [1.82, 2.24) is 19.8 Å². The number of nitrogens with zero attached hydrogens (tertiary/aromatic N) is 3. The average Bonchev–Trinajstić information content (AvgIpc) is 2.92. The number of benzene rings is 1. The number of rotatable bonds is 4. The zero-order valence-corrected chi connectivity index (χ0v) is 17.9. The van der Waals surface area contributed by atoms with Gasteiger partial charge in [-0.1, -0.05) is 0 Å². The van der Waals surface area contributed by atoms with Crippen molar-refractivity contribution in [2.24, 2.45) is 0 Å². The fourth-order valence-corrected chi connectivity index (χ4v) is 4.27. The second-order valence-electron chi connectivity index (χ2n) is 8.40. The first-order chi connectivity index (χ1) is 14.5. The minimum Gasteiger partial charge on any atom is -0.339 e. The van der Waals surface area contributed by atoms with Crippen LogP contribution in [-0.4, -0.2) is 46.5 Å². The summed E-state index contributed by atoms with van der Waals surface area (Å²) in [7, 11) is 1.75. The Morgan fingerprint density at radius 2 is 2.10 bits per heavy atom. The van der Waals surface area contributed by atoms with Crippen molar-refractivity contribution in [3.8, 4) is 5.69 Å². The largest absolute Gasteiger partial charge is 0.339 e. The van der Waals surface area contributed by atoms with Crippen LogP contribution in [0.5, 0.6) is 0 Å². The van der Waals surface area contributed by atoms with Gasteiger partial charge in [0.2, 0.25) is 0 Å². The van der Waals surface area contributed by atoms with Crippen molar-refractivity contribution in [2.75, 3.05) is 20.1 Å². The second-order valence-corrected chi connectivity index (χ2v) is 8.40. The van der Waals surface area contributed by atoms with E-state index in [1.165, 1.54) is 17.7 Å². The molecule has 6 heteroatoms. The van der Waals surface area contributed by atoms with E-state index in [0.717, 1.165) is 43.3 Å². The van der Waals surface area contributed by atoms with Gasteiger partial charge in [0.25, 0.3) is 5.91 Å². The summed E-state index contributed by atoms with van der Waals surface area (Å²) in [6.45, 7) is 5.95. The molecule has 0 aliphatic carbocycles. The molecule has 1 saturated heterocycles. The maximum absolute atomic E-state index is 14.1. The molecule has 0 spiro atoms. The number of pyridine rings is 1. The van der Waals surface area contributed by atoms with E-state index in [4.69, 9.17) is 0 Å². The molecule has 0 radical (unpaired) electrons. The zero-order chi connectivity index (χ0) is 21.3. The quantitative estimate of drug-likeness (QED) is 0.691. The number of halogens is 1. The Labute approximate surface area is 176 Å². The van der Waals surface area contributed by atoms with Crippen LogP contribution in [0.1, 0.15) is 54.9 Å². The number of aromatic nitrogens is 2. The van der Waals surface area contributed by atoms with Crippen molar-refractivity contribution in [1.29, 1.82) is 0 Å². The van der Waals surface area contributed by atoms with E-state index in [2.05, 4.69) is 16.5 Å². The molecule has 1 aliphatic heterocycles. The Hall–Kier alpha value is -2.73. The Balaban J connectivity index is 1.87. The number of amides is 1. The summed E-state index contributed by atoms with van der Waals surface area (Å²) in [4.78, 5) is 19.1. The summed E-state index contributed by atoms with van der Waals surface area (Å²) in [5, 5.41) is 4.63. The number of carbonyl (C=O) groups excluding carboxylic acids is 1. The molecule has 3 aromatic rings. The van der Waals surface area contributed by atoms with Gasteiger partial charge in [-0.25, -0.2) is 4.39 Å². The van der Waals surface area contributed by atoms with Crippen LogP contribution in [0.4, 0.5) is 4.39 Å². The average molecular weight is 409 g/mol. The summed E-state index contributed by atoms with van der Waals surface area (Å²) in [6.07, 6.45) is 9.11. The van der Waals surface area contributed by atoms with Crippen molar-refractivity contribution in [3.05, 3.63) is 59.8 Å². The maximum atomic E-state index is 14.1. The van der Waals surface area contributed by atoms with Gasteiger partial charge >= 0.3 is 0 Å². The van der Waals surface area contributed by atoms with Crippen molar-refractivity contribution < 1.29 is 9.18 Å². The molecule has 0 saturated carbocycles. The summed E-state index contributed by atoms with van der Waals surface area (Å²) < 4.78 is 16.2. The van der Waals surface area contributed by atoms with Crippen LogP contribution in [0.25, 0.3) is 16.6 Å². The molecular weight excluding hydrogens is 379 g/mol. The third-order valence-electron chi connectivity index (χ3n) is 6.20. The molecule has 1 amide bonds. The van der Waals surface area contributed by atoms with Crippen LogP contribution in [0.2, 0.25) is 0 Å². The number of fused-ring (bicyclic) bond motifs is 1. The third-order valence-corrected chi connectivity index (χ3v) is 6.20. The second kappa shape index (κ2) is 8.56. The number of hydrogen-bond donors (Lipinski definition) is 1. The minimum atomic E-state index is -0.413. The SMILES string of the molecule is CC(C)N(C)C(=O)c1cc(F)ccc1-n1cc([C@H]2CCCNCC2)c2ccncc21. The van der Waals surface area contributed by atoms with Gasteiger partial charge in [0.05, 0.1) is 23.0 Å². The molecule has 0 unspecified atom stereocenters. The van der Waals surface area contributed by atoms with E-state index < -0.39 is 5.82 Å².